The van der Waals surface area contributed by atoms with Crippen molar-refractivity contribution in [3.63, 3.8) is 0 Å². The first-order valence-corrected chi connectivity index (χ1v) is 6.86. The van der Waals surface area contributed by atoms with E-state index in [9.17, 15) is 4.79 Å². The number of benzene rings is 1. The van der Waals surface area contributed by atoms with Gasteiger partial charge in [-0.05, 0) is 40.2 Å². The molecule has 2 aromatic heterocycles. The van der Waals surface area contributed by atoms with E-state index in [1.807, 2.05) is 0 Å². The number of carbonyl (C=O) groups excluding carboxylic acids is 1. The number of anilines is 2. The van der Waals surface area contributed by atoms with E-state index >= 15 is 0 Å². The van der Waals surface area contributed by atoms with Crippen molar-refractivity contribution in [2.75, 3.05) is 11.1 Å². The third kappa shape index (κ3) is 2.82. The van der Waals surface area contributed by atoms with Crippen LogP contribution >= 0.6 is 15.9 Å². The lowest BCUT2D eigenvalue weighted by Gasteiger charge is -2.07. The van der Waals surface area contributed by atoms with Crippen LogP contribution in [0, 0.1) is 0 Å². The number of aromatic nitrogens is 3. The molecule has 0 aliphatic rings. The van der Waals surface area contributed by atoms with Crippen LogP contribution < -0.4 is 11.1 Å². The van der Waals surface area contributed by atoms with Crippen LogP contribution in [-0.2, 0) is 0 Å². The third-order valence-electron chi connectivity index (χ3n) is 2.83. The number of carbonyl (C=O) groups is 1. The molecule has 1 aromatic carbocycles. The number of hydrogen-bond acceptors (Lipinski definition) is 5. The van der Waals surface area contributed by atoms with Crippen LogP contribution in [0.1, 0.15) is 10.4 Å². The molecule has 0 saturated heterocycles. The predicted molar refractivity (Wildman–Crippen MR) is 83.8 cm³/mol. The van der Waals surface area contributed by atoms with Gasteiger partial charge in [-0.2, -0.15) is 0 Å². The predicted octanol–water partition coefficient (Wildman–Crippen LogP) is 2.62. The highest BCUT2D eigenvalue weighted by molar-refractivity contribution is 9.10. The molecular formula is C14H10BrN5O. The second kappa shape index (κ2) is 5.45. The Kier molecular flexibility index (Phi) is 3.49. The molecule has 3 aromatic rings. The van der Waals surface area contributed by atoms with Gasteiger partial charge in [0.15, 0.2) is 0 Å². The van der Waals surface area contributed by atoms with Crippen LogP contribution in [0.5, 0.6) is 0 Å². The van der Waals surface area contributed by atoms with E-state index in [0.717, 1.165) is 5.52 Å². The van der Waals surface area contributed by atoms with Gasteiger partial charge < -0.3 is 11.1 Å². The summed E-state index contributed by atoms with van der Waals surface area (Å²) in [6.07, 6.45) is 4.67. The number of nitrogens with two attached hydrogens (primary N) is 1. The zero-order valence-corrected chi connectivity index (χ0v) is 12.3. The highest BCUT2D eigenvalue weighted by atomic mass is 79.9. The Hall–Kier alpha value is -2.54. The number of fused-ring (bicyclic) bond motifs is 1. The molecule has 0 bridgehead atoms. The second-order valence-corrected chi connectivity index (χ2v) is 5.17. The van der Waals surface area contributed by atoms with Gasteiger partial charge in [0, 0.05) is 18.0 Å². The number of amides is 1. The van der Waals surface area contributed by atoms with Crippen molar-refractivity contribution in [3.05, 3.63) is 52.9 Å². The molecule has 3 rings (SSSR count). The Bertz CT molecular complexity index is 836. The first-order valence-electron chi connectivity index (χ1n) is 6.06. The SMILES string of the molecule is Nc1cnc(NC(=O)c2ccc3nccnc3c2)c(Br)c1. The summed E-state index contributed by atoms with van der Waals surface area (Å²) in [6, 6.07) is 6.80. The lowest BCUT2D eigenvalue weighted by atomic mass is 10.2. The van der Waals surface area contributed by atoms with Crippen molar-refractivity contribution in [2.24, 2.45) is 0 Å². The minimum absolute atomic E-state index is 0.277. The van der Waals surface area contributed by atoms with E-state index < -0.39 is 0 Å². The highest BCUT2D eigenvalue weighted by Crippen LogP contribution is 2.22. The van der Waals surface area contributed by atoms with Crippen LogP contribution in [0.4, 0.5) is 11.5 Å². The van der Waals surface area contributed by atoms with Gasteiger partial charge in [-0.3, -0.25) is 14.8 Å². The fourth-order valence-electron chi connectivity index (χ4n) is 1.83. The summed E-state index contributed by atoms with van der Waals surface area (Å²) in [5, 5.41) is 2.72. The van der Waals surface area contributed by atoms with Gasteiger partial charge in [0.1, 0.15) is 5.82 Å². The number of pyridine rings is 1. The molecule has 3 N–H and O–H groups in total. The average molecular weight is 344 g/mol. The molecule has 0 spiro atoms. The van der Waals surface area contributed by atoms with Crippen LogP contribution in [0.25, 0.3) is 11.0 Å². The maximum atomic E-state index is 12.2. The minimum atomic E-state index is -0.277. The van der Waals surface area contributed by atoms with E-state index in [0.29, 0.717) is 27.1 Å². The van der Waals surface area contributed by atoms with Crippen molar-refractivity contribution in [2.45, 2.75) is 0 Å². The van der Waals surface area contributed by atoms with E-state index in [2.05, 4.69) is 36.2 Å². The van der Waals surface area contributed by atoms with E-state index in [1.54, 1.807) is 36.7 Å². The Balaban J connectivity index is 1.89. The second-order valence-electron chi connectivity index (χ2n) is 4.31. The van der Waals surface area contributed by atoms with Gasteiger partial charge in [-0.15, -0.1) is 0 Å². The van der Waals surface area contributed by atoms with Crippen molar-refractivity contribution >= 4 is 44.4 Å². The van der Waals surface area contributed by atoms with Crippen molar-refractivity contribution in [1.29, 1.82) is 0 Å². The zero-order chi connectivity index (χ0) is 14.8. The maximum Gasteiger partial charge on any atom is 0.256 e. The summed E-state index contributed by atoms with van der Waals surface area (Å²) in [5.74, 6) is 0.133. The highest BCUT2D eigenvalue weighted by Gasteiger charge is 2.10. The molecule has 6 nitrogen and oxygen atoms in total. The lowest BCUT2D eigenvalue weighted by molar-refractivity contribution is 0.102. The van der Waals surface area contributed by atoms with Crippen molar-refractivity contribution < 1.29 is 4.79 Å². The summed E-state index contributed by atoms with van der Waals surface area (Å²) in [5.41, 5.74) is 8.00. The van der Waals surface area contributed by atoms with Crippen LogP contribution in [0.15, 0.2) is 47.3 Å². The van der Waals surface area contributed by atoms with Crippen LogP contribution in [0.2, 0.25) is 0 Å². The lowest BCUT2D eigenvalue weighted by Crippen LogP contribution is -2.13. The minimum Gasteiger partial charge on any atom is -0.397 e. The van der Waals surface area contributed by atoms with E-state index in [-0.39, 0.29) is 5.91 Å². The molecule has 0 saturated carbocycles. The number of nitrogen functional groups attached to an aromatic ring is 1. The number of nitrogens with one attached hydrogen (secondary N) is 1. The topological polar surface area (TPSA) is 93.8 Å². The molecule has 0 aliphatic heterocycles. The van der Waals surface area contributed by atoms with Gasteiger partial charge in [0.2, 0.25) is 0 Å². The number of halogens is 1. The molecule has 104 valence electrons. The smallest absolute Gasteiger partial charge is 0.256 e. The largest absolute Gasteiger partial charge is 0.397 e. The first-order chi connectivity index (χ1) is 10.1. The summed E-state index contributed by atoms with van der Waals surface area (Å²) >= 11 is 3.31. The fraction of sp³-hybridized carbons (Fsp3) is 0. The standard InChI is InChI=1S/C14H10BrN5O/c15-10-6-9(16)7-19-13(10)20-14(21)8-1-2-11-12(5-8)18-4-3-17-11/h1-7H,16H2,(H,19,20,21). The number of hydrogen-bond donors (Lipinski definition) is 2. The Morgan fingerprint density at radius 2 is 1.86 bits per heavy atom. The molecule has 0 aliphatic carbocycles. The number of rotatable bonds is 2. The summed E-state index contributed by atoms with van der Waals surface area (Å²) in [6.45, 7) is 0. The molecule has 0 unspecified atom stereocenters. The van der Waals surface area contributed by atoms with Gasteiger partial charge in [0.05, 0.1) is 27.4 Å². The Morgan fingerprint density at radius 3 is 2.62 bits per heavy atom. The van der Waals surface area contributed by atoms with Gasteiger partial charge in [-0.1, -0.05) is 0 Å². The molecule has 2 heterocycles. The van der Waals surface area contributed by atoms with Gasteiger partial charge >= 0.3 is 0 Å². The van der Waals surface area contributed by atoms with Crippen LogP contribution in [-0.4, -0.2) is 20.9 Å². The molecule has 0 atom stereocenters. The Morgan fingerprint density at radius 1 is 1.10 bits per heavy atom. The summed E-state index contributed by atoms with van der Waals surface area (Å²) in [7, 11) is 0. The molecule has 0 fully saturated rings. The van der Waals surface area contributed by atoms with Crippen LogP contribution in [0.3, 0.4) is 0 Å². The summed E-state index contributed by atoms with van der Waals surface area (Å²) in [4.78, 5) is 24.7. The monoisotopic (exact) mass is 343 g/mol. The molecule has 0 radical (unpaired) electrons. The van der Waals surface area contributed by atoms with E-state index in [4.69, 9.17) is 5.73 Å². The number of nitrogens with zero attached hydrogens (tertiary/aromatic N) is 3. The molecule has 1 amide bonds. The average Bonchev–Trinajstić information content (AvgIpc) is 2.49. The van der Waals surface area contributed by atoms with Crippen molar-refractivity contribution in [1.82, 2.24) is 15.0 Å². The van der Waals surface area contributed by atoms with Crippen molar-refractivity contribution in [3.8, 4) is 0 Å². The third-order valence-corrected chi connectivity index (χ3v) is 3.43. The molecule has 7 heteroatoms. The maximum absolute atomic E-state index is 12.2. The first kappa shape index (κ1) is 13.4. The van der Waals surface area contributed by atoms with Gasteiger partial charge in [-0.25, -0.2) is 4.98 Å². The fourth-order valence-corrected chi connectivity index (χ4v) is 2.29. The van der Waals surface area contributed by atoms with E-state index in [1.165, 1.54) is 6.20 Å². The zero-order valence-electron chi connectivity index (χ0n) is 10.7. The quantitative estimate of drug-likeness (QED) is 0.745. The molecular weight excluding hydrogens is 334 g/mol. The molecule has 21 heavy (non-hydrogen) atoms. The normalized spacial score (nSPS) is 10.5. The van der Waals surface area contributed by atoms with Gasteiger partial charge in [0.25, 0.3) is 5.91 Å². The summed E-state index contributed by atoms with van der Waals surface area (Å²) < 4.78 is 0.622. The Labute approximate surface area is 128 Å².